The van der Waals surface area contributed by atoms with Crippen LogP contribution in [-0.2, 0) is 0 Å². The number of benzene rings is 1. The molecule has 15 heavy (non-hydrogen) atoms. The second kappa shape index (κ2) is 4.31. The first-order chi connectivity index (χ1) is 7.24. The summed E-state index contributed by atoms with van der Waals surface area (Å²) in [5, 5.41) is 0.303. The molecule has 0 aliphatic heterocycles. The second-order valence-electron chi connectivity index (χ2n) is 3.96. The molecule has 1 aliphatic carbocycles. The van der Waals surface area contributed by atoms with E-state index in [-0.39, 0.29) is 5.56 Å². The lowest BCUT2D eigenvalue weighted by Crippen LogP contribution is -1.99. The van der Waals surface area contributed by atoms with Crippen molar-refractivity contribution in [1.29, 1.82) is 0 Å². The standard InChI is InChI=1S/C12H12ClFO/c13-12-9(8-3-1-2-4-8)5-6-11(14)10(12)7-15/h5-8H,1-4H2. The van der Waals surface area contributed by atoms with Crippen molar-refractivity contribution in [3.63, 3.8) is 0 Å². The van der Waals surface area contributed by atoms with E-state index in [9.17, 15) is 9.18 Å². The minimum atomic E-state index is -0.531. The van der Waals surface area contributed by atoms with Crippen LogP contribution in [-0.4, -0.2) is 6.29 Å². The average Bonchev–Trinajstić information content (AvgIpc) is 2.71. The smallest absolute Gasteiger partial charge is 0.154 e. The molecule has 0 unspecified atom stereocenters. The van der Waals surface area contributed by atoms with Crippen LogP contribution in [0.1, 0.15) is 47.5 Å². The van der Waals surface area contributed by atoms with Gasteiger partial charge in [0.05, 0.1) is 10.6 Å². The molecule has 1 aliphatic rings. The van der Waals surface area contributed by atoms with Crippen molar-refractivity contribution in [1.82, 2.24) is 0 Å². The summed E-state index contributed by atoms with van der Waals surface area (Å²) in [6, 6.07) is 3.05. The summed E-state index contributed by atoms with van der Waals surface area (Å²) in [7, 11) is 0. The first-order valence-electron chi connectivity index (χ1n) is 5.17. The zero-order valence-electron chi connectivity index (χ0n) is 8.30. The molecule has 0 radical (unpaired) electrons. The van der Waals surface area contributed by atoms with Gasteiger partial charge >= 0.3 is 0 Å². The number of hydrogen-bond acceptors (Lipinski definition) is 1. The molecule has 0 N–H and O–H groups in total. The summed E-state index contributed by atoms with van der Waals surface area (Å²) >= 11 is 6.02. The van der Waals surface area contributed by atoms with Gasteiger partial charge in [0.15, 0.2) is 6.29 Å². The number of halogens is 2. The first kappa shape index (κ1) is 10.6. The van der Waals surface area contributed by atoms with E-state index < -0.39 is 5.82 Å². The summed E-state index contributed by atoms with van der Waals surface area (Å²) in [6.45, 7) is 0. The predicted molar refractivity (Wildman–Crippen MR) is 58.0 cm³/mol. The summed E-state index contributed by atoms with van der Waals surface area (Å²) in [5.74, 6) is -0.131. The Kier molecular flexibility index (Phi) is 3.06. The SMILES string of the molecule is O=Cc1c(F)ccc(C2CCCC2)c1Cl. The Hall–Kier alpha value is -0.890. The minimum Gasteiger partial charge on any atom is -0.298 e. The molecule has 0 heterocycles. The van der Waals surface area contributed by atoms with Gasteiger partial charge in [0.1, 0.15) is 5.82 Å². The van der Waals surface area contributed by atoms with Crippen molar-refractivity contribution in [3.8, 4) is 0 Å². The summed E-state index contributed by atoms with van der Waals surface area (Å²) in [6.07, 6.45) is 5.05. The highest BCUT2D eigenvalue weighted by atomic mass is 35.5. The normalized spacial score (nSPS) is 16.9. The Morgan fingerprint density at radius 2 is 2.00 bits per heavy atom. The molecular formula is C12H12ClFO. The van der Waals surface area contributed by atoms with Crippen molar-refractivity contribution in [2.45, 2.75) is 31.6 Å². The molecule has 0 atom stereocenters. The van der Waals surface area contributed by atoms with E-state index in [0.29, 0.717) is 17.2 Å². The van der Waals surface area contributed by atoms with E-state index in [1.807, 2.05) is 0 Å². The van der Waals surface area contributed by atoms with Crippen LogP contribution in [0.15, 0.2) is 12.1 Å². The van der Waals surface area contributed by atoms with Crippen LogP contribution in [0.5, 0.6) is 0 Å². The third kappa shape index (κ3) is 1.91. The van der Waals surface area contributed by atoms with Crippen LogP contribution >= 0.6 is 11.6 Å². The molecule has 3 heteroatoms. The Balaban J connectivity index is 2.43. The highest BCUT2D eigenvalue weighted by Gasteiger charge is 2.21. The predicted octanol–water partition coefficient (Wildman–Crippen LogP) is 3.95. The van der Waals surface area contributed by atoms with E-state index in [1.165, 1.54) is 18.9 Å². The monoisotopic (exact) mass is 226 g/mol. The van der Waals surface area contributed by atoms with E-state index in [1.54, 1.807) is 6.07 Å². The van der Waals surface area contributed by atoms with Crippen LogP contribution in [0, 0.1) is 5.82 Å². The number of hydrogen-bond donors (Lipinski definition) is 0. The molecule has 80 valence electrons. The van der Waals surface area contributed by atoms with Crippen LogP contribution in [0.3, 0.4) is 0 Å². The molecule has 1 saturated carbocycles. The number of carbonyl (C=O) groups excluding carboxylic acids is 1. The Bertz CT molecular complexity index is 383. The summed E-state index contributed by atoms with van der Waals surface area (Å²) in [4.78, 5) is 10.7. The quantitative estimate of drug-likeness (QED) is 0.698. The van der Waals surface area contributed by atoms with Gasteiger partial charge in [0.2, 0.25) is 0 Å². The first-order valence-corrected chi connectivity index (χ1v) is 5.55. The van der Waals surface area contributed by atoms with Crippen molar-refractivity contribution in [2.75, 3.05) is 0 Å². The van der Waals surface area contributed by atoms with Crippen LogP contribution in [0.4, 0.5) is 4.39 Å². The lowest BCUT2D eigenvalue weighted by atomic mass is 9.96. The Labute approximate surface area is 93.2 Å². The molecule has 1 aromatic rings. The van der Waals surface area contributed by atoms with E-state index >= 15 is 0 Å². The van der Waals surface area contributed by atoms with Crippen molar-refractivity contribution in [3.05, 3.63) is 34.1 Å². The number of aldehydes is 1. The number of carbonyl (C=O) groups is 1. The lowest BCUT2D eigenvalue weighted by Gasteiger charge is -2.13. The third-order valence-electron chi connectivity index (χ3n) is 3.07. The molecule has 0 saturated heterocycles. The van der Waals surface area contributed by atoms with Gasteiger partial charge in [-0.15, -0.1) is 0 Å². The highest BCUT2D eigenvalue weighted by molar-refractivity contribution is 6.33. The van der Waals surface area contributed by atoms with E-state index in [4.69, 9.17) is 11.6 Å². The van der Waals surface area contributed by atoms with Gasteiger partial charge in [0.25, 0.3) is 0 Å². The zero-order valence-corrected chi connectivity index (χ0v) is 9.06. The van der Waals surface area contributed by atoms with E-state index in [2.05, 4.69) is 0 Å². The number of rotatable bonds is 2. The maximum absolute atomic E-state index is 13.2. The van der Waals surface area contributed by atoms with Crippen LogP contribution in [0.2, 0.25) is 5.02 Å². The summed E-state index contributed by atoms with van der Waals surface area (Å²) in [5.41, 5.74) is 0.929. The van der Waals surface area contributed by atoms with Gasteiger partial charge < -0.3 is 0 Å². The molecule has 1 aromatic carbocycles. The fourth-order valence-electron chi connectivity index (χ4n) is 2.25. The van der Waals surface area contributed by atoms with Gasteiger partial charge in [-0.25, -0.2) is 4.39 Å². The average molecular weight is 227 g/mol. The molecular weight excluding hydrogens is 215 g/mol. The second-order valence-corrected chi connectivity index (χ2v) is 4.34. The fourth-order valence-corrected chi connectivity index (χ4v) is 2.60. The Morgan fingerprint density at radius 3 is 2.60 bits per heavy atom. The van der Waals surface area contributed by atoms with Gasteiger partial charge in [-0.1, -0.05) is 30.5 Å². The van der Waals surface area contributed by atoms with E-state index in [0.717, 1.165) is 18.4 Å². The largest absolute Gasteiger partial charge is 0.298 e. The topological polar surface area (TPSA) is 17.1 Å². The van der Waals surface area contributed by atoms with Crippen LogP contribution < -0.4 is 0 Å². The maximum Gasteiger partial charge on any atom is 0.154 e. The maximum atomic E-state index is 13.2. The highest BCUT2D eigenvalue weighted by Crippen LogP contribution is 2.38. The molecule has 2 rings (SSSR count). The van der Waals surface area contributed by atoms with Crippen molar-refractivity contribution in [2.24, 2.45) is 0 Å². The van der Waals surface area contributed by atoms with Gasteiger partial charge in [-0.2, -0.15) is 0 Å². The van der Waals surface area contributed by atoms with Crippen LogP contribution in [0.25, 0.3) is 0 Å². The van der Waals surface area contributed by atoms with Gasteiger partial charge in [-0.3, -0.25) is 4.79 Å². The summed E-state index contributed by atoms with van der Waals surface area (Å²) < 4.78 is 13.2. The van der Waals surface area contributed by atoms with Crippen molar-refractivity contribution < 1.29 is 9.18 Å². The molecule has 0 amide bonds. The lowest BCUT2D eigenvalue weighted by molar-refractivity contribution is 0.112. The minimum absolute atomic E-state index is 0.000988. The fraction of sp³-hybridized carbons (Fsp3) is 0.417. The molecule has 1 nitrogen and oxygen atoms in total. The molecule has 0 aromatic heterocycles. The molecule has 0 spiro atoms. The third-order valence-corrected chi connectivity index (χ3v) is 3.49. The Morgan fingerprint density at radius 1 is 1.33 bits per heavy atom. The van der Waals surface area contributed by atoms with Crippen molar-refractivity contribution >= 4 is 17.9 Å². The molecule has 0 bridgehead atoms. The molecule has 1 fully saturated rings. The van der Waals surface area contributed by atoms with Gasteiger partial charge in [-0.05, 0) is 30.4 Å². The zero-order chi connectivity index (χ0) is 10.8. The van der Waals surface area contributed by atoms with Gasteiger partial charge in [0, 0.05) is 0 Å².